The van der Waals surface area contributed by atoms with Crippen LogP contribution in [0, 0.1) is 11.8 Å². The molecule has 0 aromatic heterocycles. The van der Waals surface area contributed by atoms with E-state index in [1.54, 1.807) is 0 Å². The van der Waals surface area contributed by atoms with Crippen molar-refractivity contribution in [2.75, 3.05) is 19.7 Å². The van der Waals surface area contributed by atoms with Gasteiger partial charge >= 0.3 is 5.97 Å². The number of hydrogen-bond acceptors (Lipinski definition) is 3. The quantitative estimate of drug-likeness (QED) is 0.710. The summed E-state index contributed by atoms with van der Waals surface area (Å²) < 4.78 is 5.14. The first-order chi connectivity index (χ1) is 7.24. The van der Waals surface area contributed by atoms with Gasteiger partial charge in [0.15, 0.2) is 0 Å². The van der Waals surface area contributed by atoms with Crippen LogP contribution in [0.3, 0.4) is 0 Å². The molecular weight excluding hydrogens is 190 g/mol. The van der Waals surface area contributed by atoms with Crippen molar-refractivity contribution < 1.29 is 9.53 Å². The molecule has 3 nitrogen and oxygen atoms in total. The molecule has 0 radical (unpaired) electrons. The molecule has 1 atom stereocenters. The predicted molar refractivity (Wildman–Crippen MR) is 60.6 cm³/mol. The van der Waals surface area contributed by atoms with Crippen LogP contribution in [0.15, 0.2) is 0 Å². The Kier molecular flexibility index (Phi) is 5.69. The first-order valence-electron chi connectivity index (χ1n) is 6.11. The Morgan fingerprint density at radius 2 is 2.13 bits per heavy atom. The maximum atomic E-state index is 11.5. The van der Waals surface area contributed by atoms with Crippen molar-refractivity contribution in [1.82, 2.24) is 5.32 Å². The SMILES string of the molecule is CCCOC(=O)C(C)CC1CCNCC1. The smallest absolute Gasteiger partial charge is 0.308 e. The lowest BCUT2D eigenvalue weighted by atomic mass is 9.88. The van der Waals surface area contributed by atoms with Gasteiger partial charge in [0.05, 0.1) is 12.5 Å². The minimum atomic E-state index is -0.0182. The van der Waals surface area contributed by atoms with Crippen LogP contribution >= 0.6 is 0 Å². The fraction of sp³-hybridized carbons (Fsp3) is 0.917. The number of carbonyl (C=O) groups is 1. The van der Waals surface area contributed by atoms with Gasteiger partial charge in [-0.25, -0.2) is 0 Å². The third kappa shape index (κ3) is 4.65. The Hall–Kier alpha value is -0.570. The molecule has 0 aliphatic carbocycles. The number of hydrogen-bond donors (Lipinski definition) is 1. The van der Waals surface area contributed by atoms with Crippen molar-refractivity contribution in [2.24, 2.45) is 11.8 Å². The number of rotatable bonds is 5. The number of carbonyl (C=O) groups excluding carboxylic acids is 1. The predicted octanol–water partition coefficient (Wildman–Crippen LogP) is 1.97. The maximum absolute atomic E-state index is 11.5. The molecule has 0 bridgehead atoms. The molecule has 0 amide bonds. The number of piperidine rings is 1. The Morgan fingerprint density at radius 1 is 1.47 bits per heavy atom. The first kappa shape index (κ1) is 12.5. The van der Waals surface area contributed by atoms with E-state index in [4.69, 9.17) is 4.74 Å². The van der Waals surface area contributed by atoms with Gasteiger partial charge in [-0.2, -0.15) is 0 Å². The molecule has 0 aromatic carbocycles. The Balaban J connectivity index is 2.20. The van der Waals surface area contributed by atoms with Gasteiger partial charge in [-0.15, -0.1) is 0 Å². The van der Waals surface area contributed by atoms with E-state index in [2.05, 4.69) is 5.32 Å². The van der Waals surface area contributed by atoms with E-state index < -0.39 is 0 Å². The number of ether oxygens (including phenoxy) is 1. The summed E-state index contributed by atoms with van der Waals surface area (Å²) in [4.78, 5) is 11.5. The van der Waals surface area contributed by atoms with E-state index in [0.717, 1.165) is 25.9 Å². The number of nitrogens with one attached hydrogen (secondary N) is 1. The molecule has 3 heteroatoms. The first-order valence-corrected chi connectivity index (χ1v) is 6.11. The van der Waals surface area contributed by atoms with E-state index >= 15 is 0 Å². The summed E-state index contributed by atoms with van der Waals surface area (Å²) in [6.07, 6.45) is 4.30. The zero-order valence-corrected chi connectivity index (χ0v) is 9.92. The lowest BCUT2D eigenvalue weighted by Crippen LogP contribution is -2.30. The standard InChI is InChI=1S/C12H23NO2/c1-3-8-15-12(14)10(2)9-11-4-6-13-7-5-11/h10-11,13H,3-9H2,1-2H3. The highest BCUT2D eigenvalue weighted by Crippen LogP contribution is 2.21. The maximum Gasteiger partial charge on any atom is 0.308 e. The van der Waals surface area contributed by atoms with Crippen LogP contribution in [-0.2, 0) is 9.53 Å². The molecule has 1 aliphatic rings. The second kappa shape index (κ2) is 6.83. The molecule has 0 saturated carbocycles. The van der Waals surface area contributed by atoms with E-state index in [1.807, 2.05) is 13.8 Å². The van der Waals surface area contributed by atoms with Crippen molar-refractivity contribution in [3.8, 4) is 0 Å². The largest absolute Gasteiger partial charge is 0.465 e. The third-order valence-corrected chi connectivity index (χ3v) is 3.00. The van der Waals surface area contributed by atoms with Crippen molar-refractivity contribution in [3.05, 3.63) is 0 Å². The molecule has 1 saturated heterocycles. The fourth-order valence-electron chi connectivity index (χ4n) is 2.06. The second-order valence-electron chi connectivity index (χ2n) is 4.50. The average molecular weight is 213 g/mol. The summed E-state index contributed by atoms with van der Waals surface area (Å²) in [5.41, 5.74) is 0. The molecule has 1 fully saturated rings. The summed E-state index contributed by atoms with van der Waals surface area (Å²) in [6, 6.07) is 0. The molecule has 88 valence electrons. The van der Waals surface area contributed by atoms with Gasteiger partial charge in [-0.1, -0.05) is 13.8 Å². The van der Waals surface area contributed by atoms with Crippen molar-refractivity contribution in [2.45, 2.75) is 39.5 Å². The van der Waals surface area contributed by atoms with E-state index in [-0.39, 0.29) is 11.9 Å². The van der Waals surface area contributed by atoms with E-state index in [0.29, 0.717) is 12.5 Å². The summed E-state index contributed by atoms with van der Waals surface area (Å²) in [5.74, 6) is 0.755. The zero-order chi connectivity index (χ0) is 11.1. The summed E-state index contributed by atoms with van der Waals surface area (Å²) in [5, 5.41) is 3.34. The normalized spacial score (nSPS) is 19.9. The highest BCUT2D eigenvalue weighted by Gasteiger charge is 2.21. The molecule has 1 N–H and O–H groups in total. The molecule has 1 rings (SSSR count). The van der Waals surface area contributed by atoms with Crippen LogP contribution in [0.5, 0.6) is 0 Å². The summed E-state index contributed by atoms with van der Waals surface area (Å²) in [6.45, 7) is 6.77. The van der Waals surface area contributed by atoms with Crippen LogP contribution in [0.4, 0.5) is 0 Å². The highest BCUT2D eigenvalue weighted by atomic mass is 16.5. The molecule has 15 heavy (non-hydrogen) atoms. The Morgan fingerprint density at radius 3 is 2.73 bits per heavy atom. The van der Waals surface area contributed by atoms with Crippen molar-refractivity contribution >= 4 is 5.97 Å². The zero-order valence-electron chi connectivity index (χ0n) is 9.92. The van der Waals surface area contributed by atoms with Gasteiger partial charge in [0.2, 0.25) is 0 Å². The molecule has 0 aromatic rings. The highest BCUT2D eigenvalue weighted by molar-refractivity contribution is 5.71. The van der Waals surface area contributed by atoms with E-state index in [9.17, 15) is 4.79 Å². The minimum absolute atomic E-state index is 0.0182. The van der Waals surface area contributed by atoms with E-state index in [1.165, 1.54) is 12.8 Å². The molecule has 0 spiro atoms. The van der Waals surface area contributed by atoms with Gasteiger partial charge in [0.25, 0.3) is 0 Å². The summed E-state index contributed by atoms with van der Waals surface area (Å²) in [7, 11) is 0. The van der Waals surface area contributed by atoms with Crippen molar-refractivity contribution in [3.63, 3.8) is 0 Å². The molecule has 1 heterocycles. The van der Waals surface area contributed by atoms with Crippen LogP contribution in [0.25, 0.3) is 0 Å². The van der Waals surface area contributed by atoms with Gasteiger partial charge in [0.1, 0.15) is 0 Å². The lowest BCUT2D eigenvalue weighted by Gasteiger charge is -2.24. The molecule has 1 aliphatic heterocycles. The summed E-state index contributed by atoms with van der Waals surface area (Å²) >= 11 is 0. The molecule has 1 unspecified atom stereocenters. The third-order valence-electron chi connectivity index (χ3n) is 3.00. The van der Waals surface area contributed by atoms with Crippen LogP contribution < -0.4 is 5.32 Å². The van der Waals surface area contributed by atoms with Gasteiger partial charge < -0.3 is 10.1 Å². The Bertz CT molecular complexity index is 188. The lowest BCUT2D eigenvalue weighted by molar-refractivity contribution is -0.148. The van der Waals surface area contributed by atoms with Crippen molar-refractivity contribution in [1.29, 1.82) is 0 Å². The minimum Gasteiger partial charge on any atom is -0.465 e. The van der Waals surface area contributed by atoms with Gasteiger partial charge in [-0.05, 0) is 44.7 Å². The van der Waals surface area contributed by atoms with Crippen LogP contribution in [0.1, 0.15) is 39.5 Å². The Labute approximate surface area is 92.6 Å². The van der Waals surface area contributed by atoms with Crippen LogP contribution in [-0.4, -0.2) is 25.7 Å². The monoisotopic (exact) mass is 213 g/mol. The van der Waals surface area contributed by atoms with Crippen LogP contribution in [0.2, 0.25) is 0 Å². The topological polar surface area (TPSA) is 38.3 Å². The molecular formula is C12H23NO2. The van der Waals surface area contributed by atoms with Gasteiger partial charge in [-0.3, -0.25) is 4.79 Å². The fourth-order valence-corrected chi connectivity index (χ4v) is 2.06. The second-order valence-corrected chi connectivity index (χ2v) is 4.50. The number of esters is 1. The average Bonchev–Trinajstić information content (AvgIpc) is 2.27. The van der Waals surface area contributed by atoms with Gasteiger partial charge in [0, 0.05) is 0 Å².